The van der Waals surface area contributed by atoms with E-state index in [1.165, 1.54) is 13.2 Å². The van der Waals surface area contributed by atoms with Gasteiger partial charge in [0.05, 0.1) is 18.2 Å². The van der Waals surface area contributed by atoms with Crippen LogP contribution in [0.4, 0.5) is 8.78 Å². The fourth-order valence-corrected chi connectivity index (χ4v) is 0.956. The van der Waals surface area contributed by atoms with Gasteiger partial charge in [0.1, 0.15) is 6.07 Å². The molecule has 1 aromatic heterocycles. The van der Waals surface area contributed by atoms with E-state index in [0.717, 1.165) is 6.20 Å². The van der Waals surface area contributed by atoms with Gasteiger partial charge in [-0.3, -0.25) is 0 Å². The van der Waals surface area contributed by atoms with Crippen molar-refractivity contribution in [2.75, 3.05) is 7.11 Å². The number of rotatable bonds is 2. The molecule has 4 nitrogen and oxygen atoms in total. The third-order valence-corrected chi connectivity index (χ3v) is 1.59. The van der Waals surface area contributed by atoms with Gasteiger partial charge in [0.25, 0.3) is 12.3 Å². The third-order valence-electron chi connectivity index (χ3n) is 1.59. The van der Waals surface area contributed by atoms with Crippen molar-refractivity contribution in [2.45, 2.75) is 6.43 Å². The summed E-state index contributed by atoms with van der Waals surface area (Å²) in [6.07, 6.45) is -2.01. The Balaban J connectivity index is 3.41. The monoisotopic (exact) mass is 200 g/mol. The number of hydrogen-bond donors (Lipinski definition) is 1. The fraction of sp³-hybridized carbons (Fsp3) is 0.250. The normalized spacial score (nSPS) is 9.93. The van der Waals surface area contributed by atoms with Crippen LogP contribution in [-0.4, -0.2) is 17.2 Å². The summed E-state index contributed by atoms with van der Waals surface area (Å²) in [6.45, 7) is 0. The van der Waals surface area contributed by atoms with Crippen molar-refractivity contribution < 1.29 is 18.6 Å². The van der Waals surface area contributed by atoms with Gasteiger partial charge < -0.3 is 9.84 Å². The molecule has 0 amide bonds. The molecule has 0 aliphatic carbocycles. The number of ether oxygens (including phenoxy) is 1. The highest BCUT2D eigenvalue weighted by Crippen LogP contribution is 2.36. The van der Waals surface area contributed by atoms with Crippen LogP contribution in [0.2, 0.25) is 0 Å². The largest absolute Gasteiger partial charge is 0.503 e. The van der Waals surface area contributed by atoms with E-state index in [1.807, 2.05) is 0 Å². The fourth-order valence-electron chi connectivity index (χ4n) is 0.956. The van der Waals surface area contributed by atoms with Crippen molar-refractivity contribution in [3.05, 3.63) is 17.3 Å². The quantitative estimate of drug-likeness (QED) is 0.787. The van der Waals surface area contributed by atoms with Crippen molar-refractivity contribution in [1.82, 2.24) is 4.98 Å². The lowest BCUT2D eigenvalue weighted by molar-refractivity contribution is 0.146. The molecule has 0 atom stereocenters. The predicted octanol–water partition coefficient (Wildman–Crippen LogP) is 1.61. The Labute approximate surface area is 78.4 Å². The molecule has 74 valence electrons. The molecule has 0 saturated carbocycles. The highest BCUT2D eigenvalue weighted by Gasteiger charge is 2.22. The van der Waals surface area contributed by atoms with Crippen molar-refractivity contribution in [3.8, 4) is 17.7 Å². The molecule has 1 heterocycles. The molecule has 1 aromatic rings. The second-order valence-electron chi connectivity index (χ2n) is 2.36. The van der Waals surface area contributed by atoms with Gasteiger partial charge in [-0.15, -0.1) is 0 Å². The van der Waals surface area contributed by atoms with Gasteiger partial charge in [0.15, 0.2) is 5.75 Å². The minimum Gasteiger partial charge on any atom is -0.503 e. The van der Waals surface area contributed by atoms with E-state index in [4.69, 9.17) is 5.26 Å². The Kier molecular flexibility index (Phi) is 2.82. The third kappa shape index (κ3) is 1.57. The zero-order valence-corrected chi connectivity index (χ0v) is 7.16. The van der Waals surface area contributed by atoms with Crippen LogP contribution in [-0.2, 0) is 0 Å². The van der Waals surface area contributed by atoms with E-state index in [0.29, 0.717) is 0 Å². The second-order valence-corrected chi connectivity index (χ2v) is 2.36. The lowest BCUT2D eigenvalue weighted by atomic mass is 10.1. The molecule has 0 fully saturated rings. The highest BCUT2D eigenvalue weighted by molar-refractivity contribution is 5.50. The zero-order valence-electron chi connectivity index (χ0n) is 7.16. The number of aromatic hydroxyl groups is 1. The summed E-state index contributed by atoms with van der Waals surface area (Å²) >= 11 is 0. The minimum atomic E-state index is -2.94. The van der Waals surface area contributed by atoms with Gasteiger partial charge in [-0.1, -0.05) is 0 Å². The molecule has 6 heteroatoms. The standard InChI is InChI=1S/C8H6F2N2O2/c1-14-8-6(13)5(7(9)10)4(2-11)3-12-8/h3,7,13H,1H3. The lowest BCUT2D eigenvalue weighted by Gasteiger charge is -2.08. The molecule has 14 heavy (non-hydrogen) atoms. The van der Waals surface area contributed by atoms with Gasteiger partial charge >= 0.3 is 0 Å². The Morgan fingerprint density at radius 3 is 2.71 bits per heavy atom. The Bertz CT molecular complexity index is 388. The molecule has 0 radical (unpaired) electrons. The van der Waals surface area contributed by atoms with Crippen molar-refractivity contribution in [1.29, 1.82) is 5.26 Å². The van der Waals surface area contributed by atoms with Crippen molar-refractivity contribution >= 4 is 0 Å². The number of halogens is 2. The van der Waals surface area contributed by atoms with Crippen LogP contribution < -0.4 is 4.74 Å². The van der Waals surface area contributed by atoms with Gasteiger partial charge in [0.2, 0.25) is 0 Å². The first kappa shape index (κ1) is 10.2. The number of pyridine rings is 1. The van der Waals surface area contributed by atoms with E-state index in [9.17, 15) is 13.9 Å². The van der Waals surface area contributed by atoms with E-state index >= 15 is 0 Å². The minimum absolute atomic E-state index is 0.320. The number of aromatic nitrogens is 1. The first-order chi connectivity index (χ1) is 6.61. The topological polar surface area (TPSA) is 66.1 Å². The molecule has 0 aliphatic heterocycles. The van der Waals surface area contributed by atoms with Crippen molar-refractivity contribution in [2.24, 2.45) is 0 Å². The first-order valence-electron chi connectivity index (χ1n) is 3.56. The van der Waals surface area contributed by atoms with Gasteiger partial charge in [-0.25, -0.2) is 13.8 Å². The van der Waals surface area contributed by atoms with Crippen LogP contribution in [0.3, 0.4) is 0 Å². The average molecular weight is 200 g/mol. The van der Waals surface area contributed by atoms with Gasteiger partial charge in [-0.05, 0) is 0 Å². The highest BCUT2D eigenvalue weighted by atomic mass is 19.3. The van der Waals surface area contributed by atoms with Crippen LogP contribution in [0.1, 0.15) is 17.6 Å². The Morgan fingerprint density at radius 2 is 2.29 bits per heavy atom. The second kappa shape index (κ2) is 3.87. The maximum atomic E-state index is 12.4. The van der Waals surface area contributed by atoms with Crippen LogP contribution in [0, 0.1) is 11.3 Å². The summed E-state index contributed by atoms with van der Waals surface area (Å²) in [4.78, 5) is 3.48. The summed E-state index contributed by atoms with van der Waals surface area (Å²) in [5, 5.41) is 17.7. The van der Waals surface area contributed by atoms with Crippen LogP contribution >= 0.6 is 0 Å². The number of hydrogen-bond acceptors (Lipinski definition) is 4. The maximum absolute atomic E-state index is 12.4. The van der Waals surface area contributed by atoms with E-state index < -0.39 is 17.7 Å². The molecule has 0 saturated heterocycles. The first-order valence-corrected chi connectivity index (χ1v) is 3.56. The molecule has 0 unspecified atom stereocenters. The molecule has 0 aromatic carbocycles. The smallest absolute Gasteiger partial charge is 0.268 e. The lowest BCUT2D eigenvalue weighted by Crippen LogP contribution is -1.97. The number of alkyl halides is 2. The SMILES string of the molecule is COc1ncc(C#N)c(C(F)F)c1O. The van der Waals surface area contributed by atoms with E-state index in [-0.39, 0.29) is 11.4 Å². The summed E-state index contributed by atoms with van der Waals surface area (Å²) in [5.74, 6) is -1.11. The summed E-state index contributed by atoms with van der Waals surface area (Å²) in [7, 11) is 1.18. The predicted molar refractivity (Wildman–Crippen MR) is 42.1 cm³/mol. The van der Waals surface area contributed by atoms with Gasteiger partial charge in [0, 0.05) is 6.20 Å². The zero-order chi connectivity index (χ0) is 10.7. The number of nitrogens with zero attached hydrogens (tertiary/aromatic N) is 2. The Hall–Kier alpha value is -1.90. The summed E-state index contributed by atoms with van der Waals surface area (Å²) < 4.78 is 29.3. The van der Waals surface area contributed by atoms with Crippen LogP contribution in [0.25, 0.3) is 0 Å². The number of methoxy groups -OCH3 is 1. The molecule has 1 rings (SSSR count). The molecule has 0 spiro atoms. The maximum Gasteiger partial charge on any atom is 0.268 e. The number of nitriles is 1. The molecule has 0 aliphatic rings. The van der Waals surface area contributed by atoms with Crippen molar-refractivity contribution in [3.63, 3.8) is 0 Å². The average Bonchev–Trinajstić information content (AvgIpc) is 2.16. The van der Waals surface area contributed by atoms with Crippen LogP contribution in [0.15, 0.2) is 6.20 Å². The van der Waals surface area contributed by atoms with E-state index in [1.54, 1.807) is 0 Å². The molecule has 1 N–H and O–H groups in total. The Morgan fingerprint density at radius 1 is 1.64 bits per heavy atom. The molecular formula is C8H6F2N2O2. The van der Waals surface area contributed by atoms with Crippen LogP contribution in [0.5, 0.6) is 11.6 Å². The summed E-state index contributed by atoms with van der Waals surface area (Å²) in [6, 6.07) is 1.51. The summed E-state index contributed by atoms with van der Waals surface area (Å²) in [5.41, 5.74) is -1.11. The molecular weight excluding hydrogens is 194 g/mol. The molecule has 0 bridgehead atoms. The van der Waals surface area contributed by atoms with Gasteiger partial charge in [-0.2, -0.15) is 5.26 Å². The van der Waals surface area contributed by atoms with E-state index in [2.05, 4.69) is 9.72 Å².